The Morgan fingerprint density at radius 3 is 2.52 bits per heavy atom. The summed E-state index contributed by atoms with van der Waals surface area (Å²) < 4.78 is 24.2. The Kier molecular flexibility index (Phi) is 8.01. The Labute approximate surface area is 244 Å². The molecular weight excluding hydrogens is 536 g/mol. The van der Waals surface area contributed by atoms with E-state index in [9.17, 15) is 4.79 Å². The third-order valence-corrected chi connectivity index (χ3v) is 8.35. The lowest BCUT2D eigenvalue weighted by atomic mass is 9.94. The van der Waals surface area contributed by atoms with Crippen LogP contribution in [0.4, 0.5) is 0 Å². The van der Waals surface area contributed by atoms with Crippen LogP contribution in [0.25, 0.3) is 10.9 Å². The van der Waals surface area contributed by atoms with Gasteiger partial charge < -0.3 is 23.9 Å². The molecule has 0 spiro atoms. The van der Waals surface area contributed by atoms with Gasteiger partial charge in [-0.05, 0) is 59.0 Å². The van der Waals surface area contributed by atoms with Crippen molar-refractivity contribution in [1.29, 1.82) is 0 Å². The van der Waals surface area contributed by atoms with E-state index >= 15 is 0 Å². The number of ether oxygens (including phenoxy) is 4. The zero-order chi connectivity index (χ0) is 29.2. The first-order valence-electron chi connectivity index (χ1n) is 14.6. The van der Waals surface area contributed by atoms with Crippen LogP contribution in [-0.4, -0.2) is 51.1 Å². The van der Waals surface area contributed by atoms with Gasteiger partial charge in [-0.1, -0.05) is 39.2 Å². The molecular formula is C31H38N6O5. The number of aromatic amines is 1. The van der Waals surface area contributed by atoms with E-state index in [2.05, 4.69) is 39.3 Å². The average molecular weight is 575 g/mol. The van der Waals surface area contributed by atoms with Crippen LogP contribution in [0.15, 0.2) is 41.2 Å². The monoisotopic (exact) mass is 574 g/mol. The summed E-state index contributed by atoms with van der Waals surface area (Å²) >= 11 is 0. The van der Waals surface area contributed by atoms with Crippen LogP contribution in [0.2, 0.25) is 0 Å². The predicted molar refractivity (Wildman–Crippen MR) is 157 cm³/mol. The zero-order valence-electron chi connectivity index (χ0n) is 24.6. The summed E-state index contributed by atoms with van der Waals surface area (Å²) in [7, 11) is 3.18. The van der Waals surface area contributed by atoms with E-state index in [1.165, 1.54) is 19.3 Å². The van der Waals surface area contributed by atoms with Crippen molar-refractivity contribution in [2.75, 3.05) is 21.0 Å². The van der Waals surface area contributed by atoms with E-state index in [1.54, 1.807) is 20.3 Å². The molecule has 0 radical (unpaired) electrons. The Bertz CT molecular complexity index is 1610. The molecule has 2 aromatic heterocycles. The lowest BCUT2D eigenvalue weighted by Gasteiger charge is -2.35. The van der Waals surface area contributed by atoms with Crippen LogP contribution < -0.4 is 24.5 Å². The van der Waals surface area contributed by atoms with Crippen molar-refractivity contribution in [3.63, 3.8) is 0 Å². The minimum absolute atomic E-state index is 0.146. The van der Waals surface area contributed by atoms with Crippen LogP contribution >= 0.6 is 0 Å². The molecule has 1 fully saturated rings. The summed E-state index contributed by atoms with van der Waals surface area (Å²) in [6.07, 6.45) is 5.75. The molecule has 2 aliphatic rings. The van der Waals surface area contributed by atoms with Crippen molar-refractivity contribution in [1.82, 2.24) is 30.1 Å². The third-order valence-electron chi connectivity index (χ3n) is 8.35. The molecule has 11 nitrogen and oxygen atoms in total. The van der Waals surface area contributed by atoms with E-state index in [0.29, 0.717) is 35.7 Å². The number of tetrazole rings is 1. The van der Waals surface area contributed by atoms with Gasteiger partial charge in [-0.15, -0.1) is 5.10 Å². The van der Waals surface area contributed by atoms with E-state index < -0.39 is 0 Å². The number of nitrogens with one attached hydrogen (secondary N) is 1. The molecule has 0 bridgehead atoms. The topological polar surface area (TPSA) is 117 Å². The summed E-state index contributed by atoms with van der Waals surface area (Å²) in [4.78, 5) is 18.8. The first-order chi connectivity index (χ1) is 20.4. The van der Waals surface area contributed by atoms with Crippen molar-refractivity contribution >= 4 is 10.9 Å². The Morgan fingerprint density at radius 1 is 1.00 bits per heavy atom. The van der Waals surface area contributed by atoms with E-state index in [0.717, 1.165) is 41.1 Å². The highest BCUT2D eigenvalue weighted by Gasteiger charge is 2.33. The highest BCUT2D eigenvalue weighted by molar-refractivity contribution is 5.83. The molecule has 2 aromatic carbocycles. The summed E-state index contributed by atoms with van der Waals surface area (Å²) in [6, 6.07) is 11.7. The van der Waals surface area contributed by atoms with Gasteiger partial charge in [0, 0.05) is 30.1 Å². The van der Waals surface area contributed by atoms with Gasteiger partial charge in [0.1, 0.15) is 0 Å². The minimum atomic E-state index is -0.153. The van der Waals surface area contributed by atoms with E-state index in [-0.39, 0.29) is 30.4 Å². The molecule has 0 amide bonds. The fourth-order valence-electron chi connectivity index (χ4n) is 6.30. The number of hydrogen-bond donors (Lipinski definition) is 1. The molecule has 3 heterocycles. The molecule has 42 heavy (non-hydrogen) atoms. The summed E-state index contributed by atoms with van der Waals surface area (Å²) in [6.45, 7) is 5.51. The number of H-pyrrole nitrogens is 1. The number of nitrogens with zero attached hydrogens (tertiary/aromatic N) is 5. The molecule has 4 aromatic rings. The second-order valence-corrected chi connectivity index (χ2v) is 11.5. The maximum Gasteiger partial charge on any atom is 0.252 e. The largest absolute Gasteiger partial charge is 0.493 e. The van der Waals surface area contributed by atoms with Gasteiger partial charge in [0.25, 0.3) is 5.56 Å². The number of methoxy groups -OCH3 is 2. The van der Waals surface area contributed by atoms with Gasteiger partial charge >= 0.3 is 0 Å². The second-order valence-electron chi connectivity index (χ2n) is 11.5. The van der Waals surface area contributed by atoms with Crippen LogP contribution in [0.3, 0.4) is 0 Å². The van der Waals surface area contributed by atoms with Gasteiger partial charge in [0.2, 0.25) is 6.79 Å². The number of pyridine rings is 1. The maximum absolute atomic E-state index is 13.5. The van der Waals surface area contributed by atoms with Gasteiger partial charge in [0.15, 0.2) is 28.8 Å². The number of benzene rings is 2. The van der Waals surface area contributed by atoms with Gasteiger partial charge in [-0.25, -0.2) is 4.68 Å². The average Bonchev–Trinajstić information content (AvgIpc) is 3.67. The Morgan fingerprint density at radius 2 is 1.76 bits per heavy atom. The maximum atomic E-state index is 13.5. The zero-order valence-corrected chi connectivity index (χ0v) is 24.6. The normalized spacial score (nSPS) is 16.0. The number of fused-ring (bicyclic) bond motifs is 2. The quantitative estimate of drug-likeness (QED) is 0.274. The molecule has 0 unspecified atom stereocenters. The van der Waals surface area contributed by atoms with Crippen LogP contribution in [-0.2, 0) is 13.1 Å². The van der Waals surface area contributed by atoms with Gasteiger partial charge in [0.05, 0.1) is 31.8 Å². The van der Waals surface area contributed by atoms with Crippen molar-refractivity contribution in [3.05, 3.63) is 63.7 Å². The van der Waals surface area contributed by atoms with Crippen molar-refractivity contribution in [3.8, 4) is 23.0 Å². The second kappa shape index (κ2) is 12.0. The highest BCUT2D eigenvalue weighted by Crippen LogP contribution is 2.37. The lowest BCUT2D eigenvalue weighted by Crippen LogP contribution is -2.36. The molecule has 11 heteroatoms. The molecule has 1 aliphatic heterocycles. The molecule has 1 atom stereocenters. The summed E-state index contributed by atoms with van der Waals surface area (Å²) in [5.41, 5.74) is 2.22. The fourth-order valence-corrected chi connectivity index (χ4v) is 6.30. The molecule has 1 N–H and O–H groups in total. The molecule has 6 rings (SSSR count). The van der Waals surface area contributed by atoms with Gasteiger partial charge in [-0.3, -0.25) is 9.69 Å². The van der Waals surface area contributed by atoms with E-state index in [4.69, 9.17) is 18.9 Å². The Hall–Kier alpha value is -4.12. The third kappa shape index (κ3) is 5.53. The molecule has 1 aliphatic carbocycles. The van der Waals surface area contributed by atoms with Crippen molar-refractivity contribution in [2.24, 2.45) is 5.92 Å². The fraction of sp³-hybridized carbons (Fsp3) is 0.484. The van der Waals surface area contributed by atoms with Crippen LogP contribution in [0, 0.1) is 5.92 Å². The van der Waals surface area contributed by atoms with Crippen LogP contribution in [0.1, 0.15) is 75.0 Å². The summed E-state index contributed by atoms with van der Waals surface area (Å²) in [5.74, 6) is 3.63. The van der Waals surface area contributed by atoms with Crippen molar-refractivity contribution < 1.29 is 18.9 Å². The standard InChI is InChI=1S/C31H38N6O5/c1-19(2)29(30-33-34-35-37(30)23-8-6-5-7-9-23)36(16-20-10-11-25-28(12-20)42-18-41-25)17-22-13-21-14-26(39-3)27(40-4)15-24(21)32-31(22)38/h10-15,19,23,29H,5-9,16-18H2,1-4H3,(H,32,38)/t29-/m1/s1. The first-order valence-corrected chi connectivity index (χ1v) is 14.6. The number of rotatable bonds is 10. The molecule has 0 saturated heterocycles. The molecule has 1 saturated carbocycles. The SMILES string of the molecule is COc1cc2cc(CN(Cc3ccc4c(c3)OCO4)[C@@H](c3nnnn3C3CCCCC3)C(C)C)c(=O)[nH]c2cc1OC. The Balaban J connectivity index is 1.41. The smallest absolute Gasteiger partial charge is 0.252 e. The first kappa shape index (κ1) is 28.0. The number of aromatic nitrogens is 5. The minimum Gasteiger partial charge on any atom is -0.493 e. The highest BCUT2D eigenvalue weighted by atomic mass is 16.7. The lowest BCUT2D eigenvalue weighted by molar-refractivity contribution is 0.121. The van der Waals surface area contributed by atoms with Gasteiger partial charge in [-0.2, -0.15) is 0 Å². The molecule has 222 valence electrons. The number of hydrogen-bond acceptors (Lipinski definition) is 9. The van der Waals surface area contributed by atoms with Crippen LogP contribution in [0.5, 0.6) is 23.0 Å². The van der Waals surface area contributed by atoms with Crippen molar-refractivity contribution in [2.45, 2.75) is 71.1 Å². The predicted octanol–water partition coefficient (Wildman–Crippen LogP) is 5.17. The summed E-state index contributed by atoms with van der Waals surface area (Å²) in [5, 5.41) is 14.1. The van der Waals surface area contributed by atoms with E-state index in [1.807, 2.05) is 35.0 Å².